The van der Waals surface area contributed by atoms with Gasteiger partial charge in [-0.3, -0.25) is 0 Å². The number of hydrogen-bond acceptors (Lipinski definition) is 5. The zero-order valence-corrected chi connectivity index (χ0v) is 20.4. The SMILES string of the molecule is O=S(=O)(NCc1ccc(-c2ccc(F)nc2)cc1)c1cc2ccccc2n1S(=O)(=O)c1ccccc1. The minimum Gasteiger partial charge on any atom is -0.228 e. The quantitative estimate of drug-likeness (QED) is 0.317. The lowest BCUT2D eigenvalue weighted by molar-refractivity contribution is 0.565. The van der Waals surface area contributed by atoms with Crippen LogP contribution in [0.5, 0.6) is 0 Å². The number of nitrogens with one attached hydrogen (secondary N) is 1. The maximum absolute atomic E-state index is 13.5. The van der Waals surface area contributed by atoms with Crippen molar-refractivity contribution in [1.82, 2.24) is 13.7 Å². The summed E-state index contributed by atoms with van der Waals surface area (Å²) in [7, 11) is -8.42. The zero-order valence-electron chi connectivity index (χ0n) is 18.7. The summed E-state index contributed by atoms with van der Waals surface area (Å²) in [5, 5.41) is 0.108. The van der Waals surface area contributed by atoms with Gasteiger partial charge < -0.3 is 0 Å². The molecule has 0 aliphatic carbocycles. The summed E-state index contributed by atoms with van der Waals surface area (Å²) in [4.78, 5) is 3.62. The van der Waals surface area contributed by atoms with Crippen molar-refractivity contribution in [2.24, 2.45) is 0 Å². The zero-order chi connectivity index (χ0) is 25.3. The van der Waals surface area contributed by atoms with Crippen LogP contribution in [0.3, 0.4) is 0 Å². The number of fused-ring (bicyclic) bond motifs is 1. The van der Waals surface area contributed by atoms with E-state index in [1.807, 2.05) is 0 Å². The number of halogens is 1. The predicted molar refractivity (Wildman–Crippen MR) is 135 cm³/mol. The molecule has 10 heteroatoms. The van der Waals surface area contributed by atoms with Crippen molar-refractivity contribution in [2.45, 2.75) is 16.5 Å². The summed E-state index contributed by atoms with van der Waals surface area (Å²) in [5.41, 5.74) is 2.44. The number of aromatic nitrogens is 2. The van der Waals surface area contributed by atoms with E-state index in [4.69, 9.17) is 0 Å². The second-order valence-electron chi connectivity index (χ2n) is 8.01. The summed E-state index contributed by atoms with van der Waals surface area (Å²) in [6.07, 6.45) is 1.42. The minimum atomic E-state index is -4.23. The smallest absolute Gasteiger partial charge is 0.228 e. The molecule has 7 nitrogen and oxygen atoms in total. The normalized spacial score (nSPS) is 12.1. The summed E-state index contributed by atoms with van der Waals surface area (Å²) in [5.74, 6) is -0.573. The Bertz CT molecular complexity index is 1750. The largest absolute Gasteiger partial charge is 0.269 e. The van der Waals surface area contributed by atoms with Gasteiger partial charge in [-0.1, -0.05) is 60.7 Å². The first-order valence-electron chi connectivity index (χ1n) is 10.9. The van der Waals surface area contributed by atoms with E-state index in [1.54, 1.807) is 72.8 Å². The Morgan fingerprint density at radius 3 is 2.14 bits per heavy atom. The molecule has 0 aliphatic heterocycles. The molecule has 0 saturated carbocycles. The highest BCUT2D eigenvalue weighted by Crippen LogP contribution is 2.28. The second-order valence-corrected chi connectivity index (χ2v) is 11.5. The van der Waals surface area contributed by atoms with Gasteiger partial charge >= 0.3 is 0 Å². The Balaban J connectivity index is 1.47. The van der Waals surface area contributed by atoms with Crippen LogP contribution in [0.4, 0.5) is 4.39 Å². The van der Waals surface area contributed by atoms with Gasteiger partial charge in [-0.2, -0.15) is 4.39 Å². The van der Waals surface area contributed by atoms with Gasteiger partial charge in [0.15, 0.2) is 5.03 Å². The van der Waals surface area contributed by atoms with E-state index in [0.29, 0.717) is 10.9 Å². The van der Waals surface area contributed by atoms with E-state index in [2.05, 4.69) is 9.71 Å². The van der Waals surface area contributed by atoms with E-state index >= 15 is 0 Å². The van der Waals surface area contributed by atoms with Crippen molar-refractivity contribution in [3.8, 4) is 11.1 Å². The number of rotatable bonds is 7. The third-order valence-electron chi connectivity index (χ3n) is 5.67. The van der Waals surface area contributed by atoms with Crippen LogP contribution in [0.25, 0.3) is 22.0 Å². The molecule has 0 radical (unpaired) electrons. The number of hydrogen-bond donors (Lipinski definition) is 1. The van der Waals surface area contributed by atoms with Gasteiger partial charge in [-0.25, -0.2) is 30.5 Å². The lowest BCUT2D eigenvalue weighted by atomic mass is 10.1. The van der Waals surface area contributed by atoms with Gasteiger partial charge in [0.25, 0.3) is 20.0 Å². The summed E-state index contributed by atoms with van der Waals surface area (Å²) >= 11 is 0. The van der Waals surface area contributed by atoms with Crippen molar-refractivity contribution in [3.63, 3.8) is 0 Å². The maximum atomic E-state index is 13.5. The van der Waals surface area contributed by atoms with Crippen molar-refractivity contribution in [3.05, 3.63) is 115 Å². The van der Waals surface area contributed by atoms with Crippen LogP contribution in [0, 0.1) is 5.95 Å². The average Bonchev–Trinajstić information content (AvgIpc) is 3.31. The van der Waals surface area contributed by atoms with E-state index in [1.165, 1.54) is 30.5 Å². The standard InChI is InChI=1S/C26H20FN3O4S2/c27-25-15-14-22(18-28-25)20-12-10-19(11-13-20)17-29-35(31,32)26-16-21-6-4-5-9-24(21)30(26)36(33,34)23-7-2-1-3-8-23/h1-16,18,29H,17H2. The Labute approximate surface area is 208 Å². The van der Waals surface area contributed by atoms with Gasteiger partial charge in [0.2, 0.25) is 5.95 Å². The van der Waals surface area contributed by atoms with Gasteiger partial charge in [-0.05, 0) is 47.5 Å². The number of benzene rings is 3. The maximum Gasteiger partial charge on any atom is 0.269 e. The number of nitrogens with zero attached hydrogens (tertiary/aromatic N) is 2. The summed E-state index contributed by atoms with van der Waals surface area (Å²) < 4.78 is 70.1. The fraction of sp³-hybridized carbons (Fsp3) is 0.0385. The highest BCUT2D eigenvalue weighted by atomic mass is 32.2. The Kier molecular flexibility index (Phi) is 6.17. The molecular weight excluding hydrogens is 501 g/mol. The molecule has 182 valence electrons. The highest BCUT2D eigenvalue weighted by molar-refractivity contribution is 7.92. The van der Waals surface area contributed by atoms with E-state index < -0.39 is 26.0 Å². The summed E-state index contributed by atoms with van der Waals surface area (Å²) in [6, 6.07) is 25.5. The lowest BCUT2D eigenvalue weighted by Crippen LogP contribution is -2.27. The summed E-state index contributed by atoms with van der Waals surface area (Å²) in [6.45, 7) is -0.0583. The molecule has 3 aromatic carbocycles. The molecule has 36 heavy (non-hydrogen) atoms. The molecule has 0 atom stereocenters. The van der Waals surface area contributed by atoms with Crippen LogP contribution in [-0.4, -0.2) is 25.8 Å². The first-order valence-corrected chi connectivity index (χ1v) is 13.8. The lowest BCUT2D eigenvalue weighted by Gasteiger charge is -2.13. The fourth-order valence-electron chi connectivity index (χ4n) is 3.85. The highest BCUT2D eigenvalue weighted by Gasteiger charge is 2.29. The van der Waals surface area contributed by atoms with Crippen molar-refractivity contribution >= 4 is 30.9 Å². The van der Waals surface area contributed by atoms with E-state index in [-0.39, 0.29) is 22.0 Å². The second kappa shape index (κ2) is 9.30. The van der Waals surface area contributed by atoms with Crippen LogP contribution in [0.2, 0.25) is 0 Å². The van der Waals surface area contributed by atoms with Crippen molar-refractivity contribution in [2.75, 3.05) is 0 Å². The van der Waals surface area contributed by atoms with Crippen LogP contribution in [0.15, 0.2) is 113 Å². The van der Waals surface area contributed by atoms with E-state index in [0.717, 1.165) is 15.1 Å². The number of para-hydroxylation sites is 1. The molecule has 1 N–H and O–H groups in total. The molecule has 0 fully saturated rings. The number of pyridine rings is 1. The van der Waals surface area contributed by atoms with Crippen LogP contribution in [-0.2, 0) is 26.6 Å². The topological polar surface area (TPSA) is 98.1 Å². The Morgan fingerprint density at radius 1 is 0.778 bits per heavy atom. The first kappa shape index (κ1) is 23.9. The molecule has 2 heterocycles. The Morgan fingerprint density at radius 2 is 1.44 bits per heavy atom. The molecule has 0 aliphatic rings. The van der Waals surface area contributed by atoms with Crippen LogP contribution in [0.1, 0.15) is 5.56 Å². The van der Waals surface area contributed by atoms with E-state index in [9.17, 15) is 21.2 Å². The minimum absolute atomic E-state index is 0.0197. The molecule has 0 amide bonds. The average molecular weight is 522 g/mol. The van der Waals surface area contributed by atoms with Gasteiger partial charge in [0.05, 0.1) is 10.4 Å². The first-order chi connectivity index (χ1) is 17.3. The van der Waals surface area contributed by atoms with Crippen molar-refractivity contribution < 1.29 is 21.2 Å². The molecule has 2 aromatic heterocycles. The molecule has 5 rings (SSSR count). The van der Waals surface area contributed by atoms with Gasteiger partial charge in [0, 0.05) is 23.7 Å². The Hall–Kier alpha value is -3.86. The molecule has 0 spiro atoms. The number of sulfonamides is 1. The van der Waals surface area contributed by atoms with Crippen LogP contribution < -0.4 is 4.72 Å². The molecule has 0 bridgehead atoms. The molecule has 0 saturated heterocycles. The molecular formula is C26H20FN3O4S2. The van der Waals surface area contributed by atoms with Gasteiger partial charge in [-0.15, -0.1) is 0 Å². The fourth-order valence-corrected chi connectivity index (χ4v) is 6.97. The monoisotopic (exact) mass is 521 g/mol. The molecule has 0 unspecified atom stereocenters. The van der Waals surface area contributed by atoms with Crippen molar-refractivity contribution in [1.29, 1.82) is 0 Å². The molecule has 5 aromatic rings. The third-order valence-corrected chi connectivity index (χ3v) is 8.91. The van der Waals surface area contributed by atoms with Crippen LogP contribution >= 0.6 is 0 Å². The predicted octanol–water partition coefficient (Wildman–Crippen LogP) is 4.56. The third kappa shape index (κ3) is 4.53. The van der Waals surface area contributed by atoms with Gasteiger partial charge in [0.1, 0.15) is 0 Å².